The molecule has 73 heavy (non-hydrogen) atoms. The number of para-hydroxylation sites is 8. The van der Waals surface area contributed by atoms with E-state index in [-0.39, 0.29) is 5.41 Å². The van der Waals surface area contributed by atoms with Gasteiger partial charge in [-0.25, -0.2) is 0 Å². The molecule has 0 spiro atoms. The summed E-state index contributed by atoms with van der Waals surface area (Å²) < 4.78 is 13.1. The predicted molar refractivity (Wildman–Crippen MR) is 302 cm³/mol. The summed E-state index contributed by atoms with van der Waals surface area (Å²) in [7, 11) is 0. The number of fused-ring (bicyclic) bond motifs is 10. The molecule has 3 aliphatic rings. The fourth-order valence-electron chi connectivity index (χ4n) is 12.2. The van der Waals surface area contributed by atoms with Crippen LogP contribution in [0.1, 0.15) is 25.0 Å². The summed E-state index contributed by atoms with van der Waals surface area (Å²) in [4.78, 5) is 4.72. The van der Waals surface area contributed by atoms with E-state index in [0.717, 1.165) is 68.1 Å². The average Bonchev–Trinajstić information content (AvgIpc) is 3.67. The maximum atomic E-state index is 6.56. The van der Waals surface area contributed by atoms with Gasteiger partial charge in [0.05, 0.1) is 22.7 Å². The van der Waals surface area contributed by atoms with E-state index in [4.69, 9.17) is 9.47 Å². The highest BCUT2D eigenvalue weighted by Crippen LogP contribution is 2.56. The van der Waals surface area contributed by atoms with Gasteiger partial charge in [0.15, 0.2) is 23.0 Å². The highest BCUT2D eigenvalue weighted by molar-refractivity contribution is 6.23. The lowest BCUT2D eigenvalue weighted by Crippen LogP contribution is -2.16. The Morgan fingerprint density at radius 2 is 0.753 bits per heavy atom. The Labute approximate surface area is 424 Å². The number of nitrogens with zero attached hydrogens (tertiary/aromatic N) is 2. The first kappa shape index (κ1) is 41.4. The summed E-state index contributed by atoms with van der Waals surface area (Å²) >= 11 is 0. The van der Waals surface area contributed by atoms with Gasteiger partial charge in [0.1, 0.15) is 0 Å². The van der Waals surface area contributed by atoms with Crippen LogP contribution in [-0.4, -0.2) is 0 Å². The quantitative estimate of drug-likeness (QED) is 0.161. The molecular weight excluding hydrogens is 889 g/mol. The van der Waals surface area contributed by atoms with E-state index in [9.17, 15) is 0 Å². The Balaban J connectivity index is 1.06. The van der Waals surface area contributed by atoms with Crippen LogP contribution >= 0.6 is 0 Å². The number of anilines is 6. The molecule has 0 radical (unpaired) electrons. The van der Waals surface area contributed by atoms with Crippen molar-refractivity contribution in [2.24, 2.45) is 0 Å². The highest BCUT2D eigenvalue weighted by Gasteiger charge is 2.36. The SMILES string of the molecule is CC1(C)c2ccccc2-c2ccc(-c3c4ccc(N5c6ccccc6Oc6ccccc65)cc4c(-c4cccc(-c5cccc6ccccc56)c4)c4ccc(N5c6ccccc6Oc6ccccc65)cc34)cc21. The molecule has 0 fully saturated rings. The molecular formula is C69H46N2O2. The fourth-order valence-corrected chi connectivity index (χ4v) is 12.2. The largest absolute Gasteiger partial charge is 0.453 e. The molecule has 15 rings (SSSR count). The van der Waals surface area contributed by atoms with E-state index in [1.165, 1.54) is 77.0 Å². The van der Waals surface area contributed by atoms with E-state index in [1.807, 2.05) is 24.3 Å². The smallest absolute Gasteiger partial charge is 0.151 e. The molecule has 0 amide bonds. The third-order valence-corrected chi connectivity index (χ3v) is 15.6. The van der Waals surface area contributed by atoms with E-state index in [1.54, 1.807) is 0 Å². The Morgan fingerprint density at radius 3 is 1.36 bits per heavy atom. The zero-order valence-electron chi connectivity index (χ0n) is 40.3. The van der Waals surface area contributed by atoms with Crippen molar-refractivity contribution in [1.29, 1.82) is 0 Å². The van der Waals surface area contributed by atoms with Crippen LogP contribution in [0.5, 0.6) is 23.0 Å². The molecule has 0 bridgehead atoms. The molecule has 0 saturated heterocycles. The fraction of sp³-hybridized carbons (Fsp3) is 0.0435. The lowest BCUT2D eigenvalue weighted by Gasteiger charge is -2.33. The molecule has 12 aromatic rings. The monoisotopic (exact) mass is 934 g/mol. The lowest BCUT2D eigenvalue weighted by molar-refractivity contribution is 0.477. The standard InChI is InChI=1S/C69H46N2O2/c1-69(2)57-24-6-5-22-51(57)52-36-33-46(40-58(52)69)68-54-38-35-47(70-59-25-7-11-29-63(59)72-64-30-12-8-26-60(64)70)41-55(54)67(45-20-15-19-44(39-45)50-23-16-18-43-17-3-4-21-49(43)50)53-37-34-48(42-56(53)68)71-61-27-9-13-31-65(61)73-66-32-14-10-28-62(66)71/h3-42H,1-2H3. The minimum atomic E-state index is -0.188. The van der Waals surface area contributed by atoms with Crippen LogP contribution in [-0.2, 0) is 5.41 Å². The van der Waals surface area contributed by atoms with Crippen molar-refractivity contribution < 1.29 is 9.47 Å². The first-order valence-electron chi connectivity index (χ1n) is 25.2. The molecule has 344 valence electrons. The second kappa shape index (κ2) is 15.8. The normalized spacial score (nSPS) is 13.6. The maximum absolute atomic E-state index is 6.56. The minimum Gasteiger partial charge on any atom is -0.453 e. The molecule has 0 saturated carbocycles. The Hall–Kier alpha value is -9.38. The molecule has 4 heteroatoms. The summed E-state index contributed by atoms with van der Waals surface area (Å²) in [6, 6.07) is 88.3. The molecule has 1 aliphatic carbocycles. The van der Waals surface area contributed by atoms with Crippen molar-refractivity contribution in [3.05, 3.63) is 254 Å². The van der Waals surface area contributed by atoms with Crippen LogP contribution in [0.25, 0.3) is 76.8 Å². The number of hydrogen-bond donors (Lipinski definition) is 0. The van der Waals surface area contributed by atoms with Gasteiger partial charge in [0.25, 0.3) is 0 Å². The molecule has 0 atom stereocenters. The zero-order valence-corrected chi connectivity index (χ0v) is 40.3. The Bertz CT molecular complexity index is 4190. The second-order valence-electron chi connectivity index (χ2n) is 20.0. The highest BCUT2D eigenvalue weighted by atomic mass is 16.5. The number of rotatable bonds is 5. The van der Waals surface area contributed by atoms with Gasteiger partial charge in [-0.2, -0.15) is 0 Å². The van der Waals surface area contributed by atoms with Crippen LogP contribution in [0.2, 0.25) is 0 Å². The van der Waals surface area contributed by atoms with Gasteiger partial charge < -0.3 is 19.3 Å². The van der Waals surface area contributed by atoms with Crippen LogP contribution in [0.15, 0.2) is 243 Å². The predicted octanol–water partition coefficient (Wildman–Crippen LogP) is 19.6. The van der Waals surface area contributed by atoms with Gasteiger partial charge in [-0.1, -0.05) is 172 Å². The van der Waals surface area contributed by atoms with E-state index in [0.29, 0.717) is 0 Å². The van der Waals surface area contributed by atoms with Gasteiger partial charge in [-0.3, -0.25) is 0 Å². The molecule has 2 aliphatic heterocycles. The molecule has 0 aromatic heterocycles. The van der Waals surface area contributed by atoms with E-state index >= 15 is 0 Å². The number of ether oxygens (including phenoxy) is 2. The van der Waals surface area contributed by atoms with Gasteiger partial charge >= 0.3 is 0 Å². The average molecular weight is 935 g/mol. The van der Waals surface area contributed by atoms with Crippen LogP contribution in [0, 0.1) is 0 Å². The van der Waals surface area contributed by atoms with Gasteiger partial charge in [-0.15, -0.1) is 0 Å². The minimum absolute atomic E-state index is 0.188. The first-order chi connectivity index (χ1) is 36.0. The number of hydrogen-bond acceptors (Lipinski definition) is 4. The van der Waals surface area contributed by atoms with Crippen molar-refractivity contribution in [3.63, 3.8) is 0 Å². The zero-order chi connectivity index (χ0) is 48.4. The molecule has 0 N–H and O–H groups in total. The topological polar surface area (TPSA) is 24.9 Å². The van der Waals surface area contributed by atoms with Crippen molar-refractivity contribution in [3.8, 4) is 67.5 Å². The van der Waals surface area contributed by atoms with Crippen LogP contribution in [0.4, 0.5) is 34.1 Å². The van der Waals surface area contributed by atoms with E-state index in [2.05, 4.69) is 242 Å². The summed E-state index contributed by atoms with van der Waals surface area (Å²) in [5, 5.41) is 7.12. The molecule has 4 nitrogen and oxygen atoms in total. The van der Waals surface area contributed by atoms with Crippen LogP contribution in [0.3, 0.4) is 0 Å². The number of benzene rings is 12. The maximum Gasteiger partial charge on any atom is 0.151 e. The first-order valence-corrected chi connectivity index (χ1v) is 25.2. The summed E-state index contributed by atoms with van der Waals surface area (Å²) in [5.41, 5.74) is 18.3. The summed E-state index contributed by atoms with van der Waals surface area (Å²) in [5.74, 6) is 3.29. The third kappa shape index (κ3) is 6.27. The van der Waals surface area contributed by atoms with Crippen molar-refractivity contribution in [2.45, 2.75) is 19.3 Å². The third-order valence-electron chi connectivity index (χ3n) is 15.6. The molecule has 12 aromatic carbocycles. The Morgan fingerprint density at radius 1 is 0.301 bits per heavy atom. The summed E-state index contributed by atoms with van der Waals surface area (Å²) in [6.45, 7) is 4.75. The lowest BCUT2D eigenvalue weighted by atomic mass is 9.80. The van der Waals surface area contributed by atoms with Crippen molar-refractivity contribution in [1.82, 2.24) is 0 Å². The Kier molecular flexibility index (Phi) is 8.97. The second-order valence-corrected chi connectivity index (χ2v) is 20.0. The van der Waals surface area contributed by atoms with Crippen molar-refractivity contribution >= 4 is 66.4 Å². The molecule has 2 heterocycles. The van der Waals surface area contributed by atoms with Gasteiger partial charge in [-0.05, 0) is 173 Å². The van der Waals surface area contributed by atoms with E-state index < -0.39 is 0 Å². The van der Waals surface area contributed by atoms with Crippen LogP contribution < -0.4 is 19.3 Å². The van der Waals surface area contributed by atoms with Crippen molar-refractivity contribution in [2.75, 3.05) is 9.80 Å². The molecule has 0 unspecified atom stereocenters. The summed E-state index contributed by atoms with van der Waals surface area (Å²) in [6.07, 6.45) is 0. The van der Waals surface area contributed by atoms with Gasteiger partial charge in [0, 0.05) is 16.8 Å². The van der Waals surface area contributed by atoms with Gasteiger partial charge in [0.2, 0.25) is 0 Å².